The molecule has 0 unspecified atom stereocenters. The monoisotopic (exact) mass is 342 g/mol. The summed E-state index contributed by atoms with van der Waals surface area (Å²) < 4.78 is 1.92. The number of hydrogen-bond acceptors (Lipinski definition) is 3. The van der Waals surface area contributed by atoms with E-state index in [2.05, 4.69) is 60.8 Å². The quantitative estimate of drug-likeness (QED) is 0.571. The fourth-order valence-electron chi connectivity index (χ4n) is 3.22. The van der Waals surface area contributed by atoms with E-state index >= 15 is 0 Å². The van der Waals surface area contributed by atoms with Gasteiger partial charge < -0.3 is 5.32 Å². The summed E-state index contributed by atoms with van der Waals surface area (Å²) >= 11 is 0. The standard InChI is InChI=1S/C22H22N4/c1-15-9-11-19(12-10-15)21-17(3)25-26-20(13-16(2)24-22(21)26)23-14-18-7-5-4-6-8-18/h4-13,23H,14H2,1-3H3. The molecule has 0 aliphatic heterocycles. The van der Waals surface area contributed by atoms with Gasteiger partial charge in [-0.15, -0.1) is 0 Å². The molecule has 0 amide bonds. The third-order valence-electron chi connectivity index (χ3n) is 4.55. The maximum atomic E-state index is 4.77. The van der Waals surface area contributed by atoms with Crippen LogP contribution in [0.3, 0.4) is 0 Å². The van der Waals surface area contributed by atoms with E-state index in [1.165, 1.54) is 11.1 Å². The minimum Gasteiger partial charge on any atom is -0.366 e. The first-order valence-electron chi connectivity index (χ1n) is 8.83. The molecule has 26 heavy (non-hydrogen) atoms. The molecule has 2 aromatic heterocycles. The number of nitrogens with one attached hydrogen (secondary N) is 1. The van der Waals surface area contributed by atoms with Crippen LogP contribution in [0.2, 0.25) is 0 Å². The lowest BCUT2D eigenvalue weighted by Crippen LogP contribution is -2.06. The van der Waals surface area contributed by atoms with Crippen molar-refractivity contribution >= 4 is 11.5 Å². The second kappa shape index (κ2) is 6.64. The molecule has 2 heterocycles. The van der Waals surface area contributed by atoms with E-state index in [9.17, 15) is 0 Å². The molecule has 1 N–H and O–H groups in total. The van der Waals surface area contributed by atoms with Crippen LogP contribution < -0.4 is 5.32 Å². The first-order chi connectivity index (χ1) is 12.6. The van der Waals surface area contributed by atoms with Crippen molar-refractivity contribution in [2.24, 2.45) is 0 Å². The van der Waals surface area contributed by atoms with Gasteiger partial charge >= 0.3 is 0 Å². The van der Waals surface area contributed by atoms with Gasteiger partial charge in [0, 0.05) is 23.9 Å². The third kappa shape index (κ3) is 3.06. The van der Waals surface area contributed by atoms with Gasteiger partial charge in [0.05, 0.1) is 5.69 Å². The molecule has 0 fully saturated rings. The molecule has 4 aromatic rings. The number of anilines is 1. The zero-order valence-electron chi connectivity index (χ0n) is 15.3. The minimum atomic E-state index is 0.748. The fraction of sp³-hybridized carbons (Fsp3) is 0.182. The van der Waals surface area contributed by atoms with E-state index in [0.717, 1.165) is 40.5 Å². The Balaban J connectivity index is 1.78. The van der Waals surface area contributed by atoms with Crippen LogP contribution in [0.1, 0.15) is 22.5 Å². The SMILES string of the molecule is Cc1ccc(-c2c(C)nn3c(NCc4ccccc4)cc(C)nc23)cc1. The van der Waals surface area contributed by atoms with E-state index in [4.69, 9.17) is 10.1 Å². The van der Waals surface area contributed by atoms with Gasteiger partial charge in [-0.1, -0.05) is 60.2 Å². The Hall–Kier alpha value is -3.14. The van der Waals surface area contributed by atoms with E-state index in [0.29, 0.717) is 0 Å². The summed E-state index contributed by atoms with van der Waals surface area (Å²) in [6.07, 6.45) is 0. The number of fused-ring (bicyclic) bond motifs is 1. The maximum absolute atomic E-state index is 4.77. The van der Waals surface area contributed by atoms with Crippen LogP contribution in [0.15, 0.2) is 60.7 Å². The lowest BCUT2D eigenvalue weighted by molar-refractivity contribution is 0.900. The van der Waals surface area contributed by atoms with Gasteiger partial charge in [0.2, 0.25) is 0 Å². The van der Waals surface area contributed by atoms with Crippen LogP contribution in [0, 0.1) is 20.8 Å². The predicted octanol–water partition coefficient (Wildman–Crippen LogP) is 4.93. The predicted molar refractivity (Wildman–Crippen MR) is 106 cm³/mol. The number of aryl methyl sites for hydroxylation is 3. The first-order valence-corrected chi connectivity index (χ1v) is 8.83. The molecule has 130 valence electrons. The van der Waals surface area contributed by atoms with Crippen molar-refractivity contribution in [1.82, 2.24) is 14.6 Å². The largest absolute Gasteiger partial charge is 0.366 e. The van der Waals surface area contributed by atoms with Crippen LogP contribution in [0.4, 0.5) is 5.82 Å². The zero-order valence-corrected chi connectivity index (χ0v) is 15.3. The Bertz CT molecular complexity index is 1050. The minimum absolute atomic E-state index is 0.748. The number of nitrogens with zero attached hydrogens (tertiary/aromatic N) is 3. The molecule has 0 radical (unpaired) electrons. The van der Waals surface area contributed by atoms with Crippen LogP contribution in [0.5, 0.6) is 0 Å². The average molecular weight is 342 g/mol. The molecule has 2 aromatic carbocycles. The summed E-state index contributed by atoms with van der Waals surface area (Å²) in [5.74, 6) is 0.956. The fourth-order valence-corrected chi connectivity index (χ4v) is 3.22. The lowest BCUT2D eigenvalue weighted by Gasteiger charge is -2.10. The number of aromatic nitrogens is 3. The van der Waals surface area contributed by atoms with Crippen LogP contribution in [0.25, 0.3) is 16.8 Å². The molecule has 0 aliphatic rings. The molecule has 0 spiro atoms. The average Bonchev–Trinajstić information content (AvgIpc) is 2.97. The topological polar surface area (TPSA) is 42.2 Å². The Morgan fingerprint density at radius 3 is 2.38 bits per heavy atom. The molecule has 4 rings (SSSR count). The normalized spacial score (nSPS) is 11.0. The first kappa shape index (κ1) is 16.3. The van der Waals surface area contributed by atoms with E-state index in [1.54, 1.807) is 0 Å². The number of rotatable bonds is 4. The van der Waals surface area contributed by atoms with Gasteiger partial charge in [0.25, 0.3) is 0 Å². The molecule has 0 aliphatic carbocycles. The van der Waals surface area contributed by atoms with E-state index in [1.807, 2.05) is 30.5 Å². The molecule has 0 saturated carbocycles. The second-order valence-electron chi connectivity index (χ2n) is 6.68. The Morgan fingerprint density at radius 2 is 1.65 bits per heavy atom. The van der Waals surface area contributed by atoms with E-state index < -0.39 is 0 Å². The molecule has 4 nitrogen and oxygen atoms in total. The summed E-state index contributed by atoms with van der Waals surface area (Å²) in [6.45, 7) is 6.91. The molecule has 0 saturated heterocycles. The molecule has 0 bridgehead atoms. The smallest absolute Gasteiger partial charge is 0.165 e. The molecule has 4 heteroatoms. The Kier molecular flexibility index (Phi) is 4.17. The molecular formula is C22H22N4. The lowest BCUT2D eigenvalue weighted by atomic mass is 10.0. The molecular weight excluding hydrogens is 320 g/mol. The van der Waals surface area contributed by atoms with Gasteiger partial charge in [-0.25, -0.2) is 4.98 Å². The highest BCUT2D eigenvalue weighted by molar-refractivity contribution is 5.81. The van der Waals surface area contributed by atoms with Crippen molar-refractivity contribution in [3.05, 3.63) is 83.2 Å². The number of benzene rings is 2. The van der Waals surface area contributed by atoms with Crippen LogP contribution >= 0.6 is 0 Å². The van der Waals surface area contributed by atoms with Crippen molar-refractivity contribution in [2.75, 3.05) is 5.32 Å². The summed E-state index contributed by atoms with van der Waals surface area (Å²) in [6, 6.07) is 20.9. The van der Waals surface area contributed by atoms with Gasteiger partial charge in [0.1, 0.15) is 5.82 Å². The van der Waals surface area contributed by atoms with Crippen molar-refractivity contribution in [1.29, 1.82) is 0 Å². The summed E-state index contributed by atoms with van der Waals surface area (Å²) in [5, 5.41) is 8.26. The third-order valence-corrected chi connectivity index (χ3v) is 4.55. The van der Waals surface area contributed by atoms with Crippen molar-refractivity contribution in [2.45, 2.75) is 27.3 Å². The van der Waals surface area contributed by atoms with Gasteiger partial charge in [-0.2, -0.15) is 9.61 Å². The van der Waals surface area contributed by atoms with Gasteiger partial charge in [0.15, 0.2) is 5.65 Å². The second-order valence-corrected chi connectivity index (χ2v) is 6.68. The highest BCUT2D eigenvalue weighted by Gasteiger charge is 2.15. The highest BCUT2D eigenvalue weighted by Crippen LogP contribution is 2.29. The van der Waals surface area contributed by atoms with Crippen LogP contribution in [-0.2, 0) is 6.54 Å². The highest BCUT2D eigenvalue weighted by atomic mass is 15.3. The Labute approximate surface area is 153 Å². The summed E-state index contributed by atoms with van der Waals surface area (Å²) in [7, 11) is 0. The Morgan fingerprint density at radius 1 is 0.923 bits per heavy atom. The summed E-state index contributed by atoms with van der Waals surface area (Å²) in [5.41, 5.74) is 7.57. The van der Waals surface area contributed by atoms with Gasteiger partial charge in [-0.05, 0) is 31.9 Å². The van der Waals surface area contributed by atoms with Crippen LogP contribution in [-0.4, -0.2) is 14.6 Å². The number of hydrogen-bond donors (Lipinski definition) is 1. The van der Waals surface area contributed by atoms with Crippen molar-refractivity contribution < 1.29 is 0 Å². The molecule has 0 atom stereocenters. The van der Waals surface area contributed by atoms with Crippen molar-refractivity contribution in [3.8, 4) is 11.1 Å². The van der Waals surface area contributed by atoms with Crippen molar-refractivity contribution in [3.63, 3.8) is 0 Å². The van der Waals surface area contributed by atoms with Gasteiger partial charge in [-0.3, -0.25) is 0 Å². The summed E-state index contributed by atoms with van der Waals surface area (Å²) in [4.78, 5) is 4.77. The maximum Gasteiger partial charge on any atom is 0.165 e. The zero-order chi connectivity index (χ0) is 18.1. The van der Waals surface area contributed by atoms with E-state index in [-0.39, 0.29) is 0 Å².